The van der Waals surface area contributed by atoms with E-state index in [0.717, 1.165) is 16.9 Å². The number of nitro benzene ring substituents is 1. The molecular formula is C21H24ClN3O4. The van der Waals surface area contributed by atoms with Gasteiger partial charge in [0.25, 0.3) is 5.69 Å². The highest BCUT2D eigenvalue weighted by molar-refractivity contribution is 6.30. The van der Waals surface area contributed by atoms with Gasteiger partial charge in [0.2, 0.25) is 5.91 Å². The Morgan fingerprint density at radius 3 is 2.38 bits per heavy atom. The number of ether oxygens (including phenoxy) is 1. The predicted octanol–water partition coefficient (Wildman–Crippen LogP) is 3.98. The average molecular weight is 418 g/mol. The number of carbonyl (C=O) groups excluding carboxylic acids is 1. The van der Waals surface area contributed by atoms with Crippen LogP contribution in [0.2, 0.25) is 5.02 Å². The van der Waals surface area contributed by atoms with Crippen molar-refractivity contribution in [2.75, 3.05) is 37.7 Å². The summed E-state index contributed by atoms with van der Waals surface area (Å²) < 4.78 is 5.73. The van der Waals surface area contributed by atoms with E-state index in [1.165, 1.54) is 6.07 Å². The molecule has 1 heterocycles. The highest BCUT2D eigenvalue weighted by Gasteiger charge is 2.25. The van der Waals surface area contributed by atoms with Crippen molar-refractivity contribution in [3.8, 4) is 5.75 Å². The SMILES string of the molecule is Cc1cc(C)cc(OCCC(=O)N2CCN(c3ccc(Cl)cc3[N+](=O)[O-])CC2)c1. The molecule has 8 heteroatoms. The molecule has 1 fully saturated rings. The van der Waals surface area contributed by atoms with Crippen LogP contribution >= 0.6 is 11.6 Å². The lowest BCUT2D eigenvalue weighted by Gasteiger charge is -2.35. The lowest BCUT2D eigenvalue weighted by atomic mass is 10.1. The fourth-order valence-corrected chi connectivity index (χ4v) is 3.70. The summed E-state index contributed by atoms with van der Waals surface area (Å²) in [4.78, 5) is 27.1. The summed E-state index contributed by atoms with van der Waals surface area (Å²) in [6.07, 6.45) is 0.300. The minimum absolute atomic E-state index is 0.0147. The summed E-state index contributed by atoms with van der Waals surface area (Å²) in [5.74, 6) is 0.801. The summed E-state index contributed by atoms with van der Waals surface area (Å²) in [5.41, 5.74) is 2.77. The van der Waals surface area contributed by atoms with Crippen molar-refractivity contribution in [3.63, 3.8) is 0 Å². The Balaban J connectivity index is 1.51. The van der Waals surface area contributed by atoms with Crippen molar-refractivity contribution in [2.45, 2.75) is 20.3 Å². The molecule has 0 saturated carbocycles. The van der Waals surface area contributed by atoms with Gasteiger partial charge < -0.3 is 14.5 Å². The van der Waals surface area contributed by atoms with Crippen LogP contribution in [0.1, 0.15) is 17.5 Å². The summed E-state index contributed by atoms with van der Waals surface area (Å²) >= 11 is 5.89. The molecule has 1 aliphatic rings. The van der Waals surface area contributed by atoms with Gasteiger partial charge in [0.15, 0.2) is 0 Å². The van der Waals surface area contributed by atoms with E-state index in [0.29, 0.717) is 49.9 Å². The highest BCUT2D eigenvalue weighted by atomic mass is 35.5. The number of hydrogen-bond acceptors (Lipinski definition) is 5. The zero-order valence-electron chi connectivity index (χ0n) is 16.6. The average Bonchev–Trinajstić information content (AvgIpc) is 2.67. The first-order chi connectivity index (χ1) is 13.8. The minimum atomic E-state index is -0.427. The van der Waals surface area contributed by atoms with Gasteiger partial charge in [0.05, 0.1) is 18.0 Å². The first-order valence-corrected chi connectivity index (χ1v) is 9.89. The third kappa shape index (κ3) is 5.38. The van der Waals surface area contributed by atoms with Gasteiger partial charge in [-0.1, -0.05) is 17.7 Å². The van der Waals surface area contributed by atoms with Gasteiger partial charge >= 0.3 is 0 Å². The molecular weight excluding hydrogens is 394 g/mol. The van der Waals surface area contributed by atoms with Crippen LogP contribution in [0.4, 0.5) is 11.4 Å². The largest absolute Gasteiger partial charge is 0.493 e. The molecule has 0 aliphatic carbocycles. The van der Waals surface area contributed by atoms with E-state index in [-0.39, 0.29) is 11.6 Å². The van der Waals surface area contributed by atoms with Crippen LogP contribution in [-0.4, -0.2) is 48.5 Å². The zero-order valence-corrected chi connectivity index (χ0v) is 17.3. The van der Waals surface area contributed by atoms with Crippen LogP contribution in [0.3, 0.4) is 0 Å². The number of nitro groups is 1. The van der Waals surface area contributed by atoms with E-state index in [9.17, 15) is 14.9 Å². The number of amides is 1. The third-order valence-corrected chi connectivity index (χ3v) is 5.12. The molecule has 1 amide bonds. The van der Waals surface area contributed by atoms with E-state index in [1.807, 2.05) is 30.9 Å². The maximum Gasteiger partial charge on any atom is 0.294 e. The Kier molecular flexibility index (Phi) is 6.59. The maximum absolute atomic E-state index is 12.5. The Morgan fingerprint density at radius 1 is 1.10 bits per heavy atom. The van der Waals surface area contributed by atoms with E-state index in [4.69, 9.17) is 16.3 Å². The van der Waals surface area contributed by atoms with Crippen molar-refractivity contribution in [3.05, 3.63) is 62.7 Å². The van der Waals surface area contributed by atoms with Gasteiger partial charge in [-0.15, -0.1) is 0 Å². The molecule has 3 rings (SSSR count). The van der Waals surface area contributed by atoms with E-state index < -0.39 is 4.92 Å². The molecule has 0 bridgehead atoms. The molecule has 0 spiro atoms. The van der Waals surface area contributed by atoms with Crippen LogP contribution < -0.4 is 9.64 Å². The third-order valence-electron chi connectivity index (χ3n) is 4.89. The topological polar surface area (TPSA) is 75.9 Å². The number of nitrogens with zero attached hydrogens (tertiary/aromatic N) is 3. The van der Waals surface area contributed by atoms with Crippen LogP contribution in [-0.2, 0) is 4.79 Å². The van der Waals surface area contributed by atoms with Gasteiger partial charge in [0, 0.05) is 37.3 Å². The highest BCUT2D eigenvalue weighted by Crippen LogP contribution is 2.31. The van der Waals surface area contributed by atoms with Gasteiger partial charge in [-0.3, -0.25) is 14.9 Å². The van der Waals surface area contributed by atoms with E-state index in [2.05, 4.69) is 6.07 Å². The molecule has 1 aliphatic heterocycles. The fraction of sp³-hybridized carbons (Fsp3) is 0.381. The second kappa shape index (κ2) is 9.13. The number of rotatable bonds is 6. The Labute approximate surface area is 175 Å². The number of halogens is 1. The molecule has 0 aromatic heterocycles. The predicted molar refractivity (Wildman–Crippen MR) is 113 cm³/mol. The molecule has 29 heavy (non-hydrogen) atoms. The minimum Gasteiger partial charge on any atom is -0.493 e. The first kappa shape index (κ1) is 20.9. The lowest BCUT2D eigenvalue weighted by Crippen LogP contribution is -2.49. The number of benzene rings is 2. The summed E-state index contributed by atoms with van der Waals surface area (Å²) in [5, 5.41) is 11.6. The first-order valence-electron chi connectivity index (χ1n) is 9.51. The fourth-order valence-electron chi connectivity index (χ4n) is 3.54. The van der Waals surface area contributed by atoms with Crippen molar-refractivity contribution in [1.29, 1.82) is 0 Å². The number of anilines is 1. The lowest BCUT2D eigenvalue weighted by molar-refractivity contribution is -0.384. The second-order valence-electron chi connectivity index (χ2n) is 7.18. The second-order valence-corrected chi connectivity index (χ2v) is 7.62. The Morgan fingerprint density at radius 2 is 1.76 bits per heavy atom. The summed E-state index contributed by atoms with van der Waals surface area (Å²) in [7, 11) is 0. The molecule has 0 N–H and O–H groups in total. The Hall–Kier alpha value is -2.80. The smallest absolute Gasteiger partial charge is 0.294 e. The number of piperazine rings is 1. The summed E-state index contributed by atoms with van der Waals surface area (Å²) in [6, 6.07) is 10.6. The van der Waals surface area contributed by atoms with E-state index >= 15 is 0 Å². The van der Waals surface area contributed by atoms with Gasteiger partial charge in [0.1, 0.15) is 11.4 Å². The summed E-state index contributed by atoms with van der Waals surface area (Å²) in [6.45, 7) is 6.44. The van der Waals surface area contributed by atoms with Crippen molar-refractivity contribution < 1.29 is 14.5 Å². The van der Waals surface area contributed by atoms with Crippen LogP contribution in [0.15, 0.2) is 36.4 Å². The maximum atomic E-state index is 12.5. The Bertz CT molecular complexity index is 891. The standard InChI is InChI=1S/C21H24ClN3O4/c1-15-11-16(2)13-18(12-15)29-10-5-21(26)24-8-6-23(7-9-24)19-4-3-17(22)14-20(19)25(27)28/h3-4,11-14H,5-10H2,1-2H3. The molecule has 2 aromatic carbocycles. The quantitative estimate of drug-likeness (QED) is 0.524. The van der Waals surface area contributed by atoms with Crippen LogP contribution in [0.5, 0.6) is 5.75 Å². The molecule has 0 radical (unpaired) electrons. The van der Waals surface area contributed by atoms with Crippen molar-refractivity contribution >= 4 is 28.9 Å². The van der Waals surface area contributed by atoms with Crippen molar-refractivity contribution in [2.24, 2.45) is 0 Å². The molecule has 0 unspecified atom stereocenters. The van der Waals surface area contributed by atoms with Gasteiger partial charge in [-0.05, 0) is 49.2 Å². The molecule has 1 saturated heterocycles. The number of hydrogen-bond donors (Lipinski definition) is 0. The number of carbonyl (C=O) groups is 1. The molecule has 2 aromatic rings. The van der Waals surface area contributed by atoms with Crippen LogP contribution in [0.25, 0.3) is 0 Å². The molecule has 7 nitrogen and oxygen atoms in total. The molecule has 154 valence electrons. The normalized spacial score (nSPS) is 14.0. The monoisotopic (exact) mass is 417 g/mol. The van der Waals surface area contributed by atoms with Gasteiger partial charge in [-0.25, -0.2) is 0 Å². The van der Waals surface area contributed by atoms with Crippen molar-refractivity contribution in [1.82, 2.24) is 4.90 Å². The van der Waals surface area contributed by atoms with Crippen LogP contribution in [0, 0.1) is 24.0 Å². The number of aryl methyl sites for hydroxylation is 2. The van der Waals surface area contributed by atoms with E-state index in [1.54, 1.807) is 17.0 Å². The molecule has 0 atom stereocenters. The zero-order chi connectivity index (χ0) is 21.0. The van der Waals surface area contributed by atoms with Gasteiger partial charge in [-0.2, -0.15) is 0 Å².